The maximum atomic E-state index is 11.7. The van der Waals surface area contributed by atoms with E-state index in [1.807, 2.05) is 49.6 Å². The number of carbonyl (C=O) groups is 1. The SMILES string of the molecule is CC(=CN(C)C)C(=O)c1cccs1. The summed E-state index contributed by atoms with van der Waals surface area (Å²) in [5, 5.41) is 1.91. The number of Topliss-reactive ketones (excluding diaryl/α,β-unsaturated/α-hetero) is 1. The Balaban J connectivity index is 2.80. The van der Waals surface area contributed by atoms with Gasteiger partial charge in [0.05, 0.1) is 4.88 Å². The summed E-state index contributed by atoms with van der Waals surface area (Å²) in [6.45, 7) is 1.84. The molecule has 0 aromatic carbocycles. The number of ketones is 1. The lowest BCUT2D eigenvalue weighted by atomic mass is 10.2. The van der Waals surface area contributed by atoms with E-state index in [4.69, 9.17) is 0 Å². The molecule has 0 N–H and O–H groups in total. The number of thiophene rings is 1. The van der Waals surface area contributed by atoms with E-state index in [2.05, 4.69) is 0 Å². The number of carbonyl (C=O) groups excluding carboxylic acids is 1. The van der Waals surface area contributed by atoms with Crippen LogP contribution in [0.1, 0.15) is 16.6 Å². The minimum atomic E-state index is 0.115. The third-order valence-corrected chi connectivity index (χ3v) is 2.42. The van der Waals surface area contributed by atoms with Gasteiger partial charge < -0.3 is 4.90 Å². The standard InChI is InChI=1S/C10H13NOS/c1-8(7-11(2)3)10(12)9-5-4-6-13-9/h4-7H,1-3H3. The van der Waals surface area contributed by atoms with E-state index in [9.17, 15) is 4.79 Å². The van der Waals surface area contributed by atoms with Crippen molar-refractivity contribution in [1.29, 1.82) is 0 Å². The molecule has 0 bridgehead atoms. The molecular formula is C10H13NOS. The summed E-state index contributed by atoms with van der Waals surface area (Å²) in [4.78, 5) is 14.3. The summed E-state index contributed by atoms with van der Waals surface area (Å²) in [5.74, 6) is 0.115. The molecule has 2 nitrogen and oxygen atoms in total. The van der Waals surface area contributed by atoms with E-state index in [1.54, 1.807) is 0 Å². The lowest BCUT2D eigenvalue weighted by Crippen LogP contribution is -2.06. The molecule has 3 heteroatoms. The zero-order valence-corrected chi connectivity index (χ0v) is 8.89. The van der Waals surface area contributed by atoms with Crippen LogP contribution in [0.4, 0.5) is 0 Å². The molecule has 0 spiro atoms. The first-order valence-corrected chi connectivity index (χ1v) is 4.92. The largest absolute Gasteiger partial charge is 0.383 e. The third kappa shape index (κ3) is 2.70. The van der Waals surface area contributed by atoms with Crippen molar-refractivity contribution in [2.24, 2.45) is 0 Å². The highest BCUT2D eigenvalue weighted by Gasteiger charge is 2.08. The van der Waals surface area contributed by atoms with Crippen molar-refractivity contribution >= 4 is 17.1 Å². The second-order valence-electron chi connectivity index (χ2n) is 3.08. The van der Waals surface area contributed by atoms with Crippen LogP contribution in [0.15, 0.2) is 29.3 Å². The van der Waals surface area contributed by atoms with Gasteiger partial charge in [0.25, 0.3) is 0 Å². The molecule has 0 saturated heterocycles. The Morgan fingerprint density at radius 2 is 2.23 bits per heavy atom. The fourth-order valence-electron chi connectivity index (χ4n) is 1.05. The van der Waals surface area contributed by atoms with Crippen LogP contribution >= 0.6 is 11.3 Å². The van der Waals surface area contributed by atoms with Crippen LogP contribution in [0.3, 0.4) is 0 Å². The van der Waals surface area contributed by atoms with E-state index < -0.39 is 0 Å². The van der Waals surface area contributed by atoms with E-state index in [0.717, 1.165) is 10.5 Å². The smallest absolute Gasteiger partial charge is 0.200 e. The second-order valence-corrected chi connectivity index (χ2v) is 4.03. The molecule has 1 aromatic heterocycles. The van der Waals surface area contributed by atoms with Crippen molar-refractivity contribution < 1.29 is 4.79 Å². The van der Waals surface area contributed by atoms with Gasteiger partial charge in [0, 0.05) is 25.9 Å². The number of nitrogens with zero attached hydrogens (tertiary/aromatic N) is 1. The second kappa shape index (κ2) is 4.23. The van der Waals surface area contributed by atoms with Gasteiger partial charge in [-0.2, -0.15) is 0 Å². The van der Waals surface area contributed by atoms with Gasteiger partial charge in [0.2, 0.25) is 0 Å². The van der Waals surface area contributed by atoms with E-state index in [-0.39, 0.29) is 5.78 Å². The lowest BCUT2D eigenvalue weighted by molar-refractivity contribution is 0.103. The van der Waals surface area contributed by atoms with Crippen LogP contribution in [-0.4, -0.2) is 24.8 Å². The Kier molecular flexibility index (Phi) is 3.25. The maximum absolute atomic E-state index is 11.7. The summed E-state index contributed by atoms with van der Waals surface area (Å²) in [6.07, 6.45) is 1.84. The van der Waals surface area contributed by atoms with Crippen LogP contribution in [0.5, 0.6) is 0 Å². The van der Waals surface area contributed by atoms with Crippen LogP contribution < -0.4 is 0 Å². The van der Waals surface area contributed by atoms with Gasteiger partial charge in [0.15, 0.2) is 5.78 Å². The normalized spacial score (nSPS) is 11.5. The molecule has 0 saturated carbocycles. The Morgan fingerprint density at radius 1 is 1.54 bits per heavy atom. The Bertz CT molecular complexity index is 312. The van der Waals surface area contributed by atoms with Gasteiger partial charge in [-0.05, 0) is 18.4 Å². The lowest BCUT2D eigenvalue weighted by Gasteiger charge is -2.06. The number of hydrogen-bond donors (Lipinski definition) is 0. The van der Waals surface area contributed by atoms with Gasteiger partial charge in [-0.25, -0.2) is 0 Å². The molecule has 0 aliphatic rings. The van der Waals surface area contributed by atoms with Crippen molar-refractivity contribution in [2.75, 3.05) is 14.1 Å². The molecule has 0 aliphatic heterocycles. The number of rotatable bonds is 3. The first kappa shape index (κ1) is 9.99. The highest BCUT2D eigenvalue weighted by atomic mass is 32.1. The zero-order valence-electron chi connectivity index (χ0n) is 8.07. The highest BCUT2D eigenvalue weighted by molar-refractivity contribution is 7.12. The molecule has 70 valence electrons. The predicted octanol–water partition coefficient (Wildman–Crippen LogP) is 2.40. The van der Waals surface area contributed by atoms with Crippen molar-refractivity contribution in [2.45, 2.75) is 6.92 Å². The van der Waals surface area contributed by atoms with Gasteiger partial charge >= 0.3 is 0 Å². The van der Waals surface area contributed by atoms with E-state index in [1.165, 1.54) is 11.3 Å². The van der Waals surface area contributed by atoms with Crippen LogP contribution in [-0.2, 0) is 0 Å². The molecule has 1 rings (SSSR count). The molecule has 0 atom stereocenters. The summed E-state index contributed by atoms with van der Waals surface area (Å²) in [5.41, 5.74) is 0.771. The maximum Gasteiger partial charge on any atom is 0.200 e. The third-order valence-electron chi connectivity index (χ3n) is 1.55. The minimum absolute atomic E-state index is 0.115. The summed E-state index contributed by atoms with van der Waals surface area (Å²) in [6, 6.07) is 3.74. The summed E-state index contributed by atoms with van der Waals surface area (Å²) in [7, 11) is 3.82. The minimum Gasteiger partial charge on any atom is -0.383 e. The molecule has 0 amide bonds. The average molecular weight is 195 g/mol. The van der Waals surface area contributed by atoms with Crippen molar-refractivity contribution in [1.82, 2.24) is 4.90 Å². The summed E-state index contributed by atoms with van der Waals surface area (Å²) >= 11 is 1.48. The molecule has 0 unspecified atom stereocenters. The average Bonchev–Trinajstić information content (AvgIpc) is 2.53. The van der Waals surface area contributed by atoms with Gasteiger partial charge in [-0.1, -0.05) is 6.07 Å². The number of hydrogen-bond acceptors (Lipinski definition) is 3. The van der Waals surface area contributed by atoms with E-state index >= 15 is 0 Å². The first-order chi connectivity index (χ1) is 6.11. The molecule has 0 fully saturated rings. The fourth-order valence-corrected chi connectivity index (χ4v) is 1.78. The molecule has 0 aliphatic carbocycles. The molecule has 1 heterocycles. The zero-order chi connectivity index (χ0) is 9.84. The Hall–Kier alpha value is -1.09. The quantitative estimate of drug-likeness (QED) is 0.545. The molecular weight excluding hydrogens is 182 g/mol. The van der Waals surface area contributed by atoms with Crippen molar-refractivity contribution in [3.05, 3.63) is 34.2 Å². The van der Waals surface area contributed by atoms with Crippen LogP contribution in [0.25, 0.3) is 0 Å². The predicted molar refractivity (Wildman–Crippen MR) is 56.1 cm³/mol. The molecule has 13 heavy (non-hydrogen) atoms. The fraction of sp³-hybridized carbons (Fsp3) is 0.300. The topological polar surface area (TPSA) is 20.3 Å². The Labute approximate surface area is 82.5 Å². The summed E-state index contributed by atoms with van der Waals surface area (Å²) < 4.78 is 0. The first-order valence-electron chi connectivity index (χ1n) is 4.04. The van der Waals surface area contributed by atoms with Gasteiger partial charge in [-0.15, -0.1) is 11.3 Å². The van der Waals surface area contributed by atoms with Crippen molar-refractivity contribution in [3.63, 3.8) is 0 Å². The van der Waals surface area contributed by atoms with Gasteiger partial charge in [-0.3, -0.25) is 4.79 Å². The molecule has 0 radical (unpaired) electrons. The monoisotopic (exact) mass is 195 g/mol. The van der Waals surface area contributed by atoms with Crippen molar-refractivity contribution in [3.8, 4) is 0 Å². The number of allylic oxidation sites excluding steroid dienone is 1. The highest BCUT2D eigenvalue weighted by Crippen LogP contribution is 2.13. The van der Waals surface area contributed by atoms with Gasteiger partial charge in [0.1, 0.15) is 0 Å². The van der Waals surface area contributed by atoms with E-state index in [0.29, 0.717) is 0 Å². The molecule has 1 aromatic rings. The van der Waals surface area contributed by atoms with Crippen LogP contribution in [0.2, 0.25) is 0 Å². The van der Waals surface area contributed by atoms with Crippen LogP contribution in [0, 0.1) is 0 Å². The Morgan fingerprint density at radius 3 is 2.69 bits per heavy atom.